The molecule has 1 aliphatic rings. The van der Waals surface area contributed by atoms with E-state index in [0.29, 0.717) is 11.3 Å². The summed E-state index contributed by atoms with van der Waals surface area (Å²) in [6.07, 6.45) is 0.521. The Morgan fingerprint density at radius 3 is 2.78 bits per heavy atom. The van der Waals surface area contributed by atoms with Crippen molar-refractivity contribution in [3.8, 4) is 11.3 Å². The van der Waals surface area contributed by atoms with Gasteiger partial charge in [0.15, 0.2) is 0 Å². The molecule has 4 rings (SSSR count). The molecular formula is C22H22ClFN4O4. The maximum atomic E-state index is 13.9. The van der Waals surface area contributed by atoms with Crippen LogP contribution in [0.15, 0.2) is 54.7 Å². The highest BCUT2D eigenvalue weighted by atomic mass is 35.5. The Morgan fingerprint density at radius 1 is 1.31 bits per heavy atom. The zero-order chi connectivity index (χ0) is 22.7. The lowest BCUT2D eigenvalue weighted by atomic mass is 9.81. The number of carbonyl (C=O) groups is 1. The average Bonchev–Trinajstić information content (AvgIpc) is 3.29. The molecule has 1 saturated heterocycles. The van der Waals surface area contributed by atoms with E-state index in [-0.39, 0.29) is 30.0 Å². The van der Waals surface area contributed by atoms with E-state index in [2.05, 4.69) is 10.3 Å². The second-order valence-electron chi connectivity index (χ2n) is 7.52. The molecule has 2 aromatic carbocycles. The summed E-state index contributed by atoms with van der Waals surface area (Å²) in [5.41, 5.74) is 7.48. The number of hydrogen-bond donors (Lipinski definition) is 2. The van der Waals surface area contributed by atoms with Crippen LogP contribution in [0.1, 0.15) is 23.9 Å². The van der Waals surface area contributed by atoms with Crippen molar-refractivity contribution in [3.05, 3.63) is 71.1 Å². The van der Waals surface area contributed by atoms with Crippen molar-refractivity contribution in [1.82, 2.24) is 15.0 Å². The number of aromatic nitrogens is 3. The number of carbonyl (C=O) groups excluding carboxylic acids is 1. The van der Waals surface area contributed by atoms with Crippen molar-refractivity contribution in [2.45, 2.75) is 30.6 Å². The van der Waals surface area contributed by atoms with E-state index in [1.54, 1.807) is 16.9 Å². The monoisotopic (exact) mass is 460 g/mol. The molecule has 1 amide bonds. The Kier molecular flexibility index (Phi) is 6.80. The van der Waals surface area contributed by atoms with Gasteiger partial charge in [-0.1, -0.05) is 53.2 Å². The third-order valence-electron chi connectivity index (χ3n) is 5.55. The Bertz CT molecular complexity index is 1080. The van der Waals surface area contributed by atoms with Crippen LogP contribution in [0.5, 0.6) is 0 Å². The molecule has 32 heavy (non-hydrogen) atoms. The number of aliphatic hydroxyl groups excluding tert-OH is 1. The number of amides is 1. The molecule has 0 aliphatic carbocycles. The summed E-state index contributed by atoms with van der Waals surface area (Å²) >= 11 is 5.78. The van der Waals surface area contributed by atoms with Gasteiger partial charge >= 0.3 is 0 Å². The quantitative estimate of drug-likeness (QED) is 0.524. The van der Waals surface area contributed by atoms with Crippen LogP contribution in [0.4, 0.5) is 4.39 Å². The van der Waals surface area contributed by atoms with Crippen LogP contribution in [-0.2, 0) is 14.3 Å². The lowest BCUT2D eigenvalue weighted by Crippen LogP contribution is -2.47. The van der Waals surface area contributed by atoms with Crippen molar-refractivity contribution in [3.63, 3.8) is 0 Å². The number of nitrogens with zero attached hydrogens (tertiary/aromatic N) is 3. The topological polar surface area (TPSA) is 112 Å². The molecule has 2 heterocycles. The van der Waals surface area contributed by atoms with Gasteiger partial charge < -0.3 is 20.3 Å². The summed E-state index contributed by atoms with van der Waals surface area (Å²) in [5, 5.41) is 17.6. The maximum absolute atomic E-state index is 13.9. The zero-order valence-corrected chi connectivity index (χ0v) is 17.7. The van der Waals surface area contributed by atoms with Gasteiger partial charge in [0.25, 0.3) is 0 Å². The Balaban J connectivity index is 1.73. The minimum Gasteiger partial charge on any atom is -0.371 e. The van der Waals surface area contributed by atoms with Crippen LogP contribution in [-0.4, -0.2) is 51.6 Å². The zero-order valence-electron chi connectivity index (χ0n) is 17.0. The number of aliphatic hydroxyl groups is 1. The lowest BCUT2D eigenvalue weighted by Gasteiger charge is -2.41. The van der Waals surface area contributed by atoms with Crippen LogP contribution in [0.25, 0.3) is 11.3 Å². The molecule has 8 nitrogen and oxygen atoms in total. The summed E-state index contributed by atoms with van der Waals surface area (Å²) in [5.74, 6) is -1.42. The van der Waals surface area contributed by atoms with Gasteiger partial charge in [-0.15, -0.1) is 5.10 Å². The number of primary amides is 1. The third kappa shape index (κ3) is 4.66. The molecule has 10 heteroatoms. The lowest BCUT2D eigenvalue weighted by molar-refractivity contribution is -0.155. The smallest absolute Gasteiger partial charge is 0.246 e. The SMILES string of the molecule is NC(=O)C1CC(n2cc(-c3ccc(Cl)c(F)c3)nn2)C(c2ccccc2)C(COCO)O1. The predicted molar refractivity (Wildman–Crippen MR) is 114 cm³/mol. The molecular weight excluding hydrogens is 439 g/mol. The van der Waals surface area contributed by atoms with E-state index in [4.69, 9.17) is 31.9 Å². The maximum Gasteiger partial charge on any atom is 0.246 e. The van der Waals surface area contributed by atoms with Crippen LogP contribution in [0.2, 0.25) is 5.02 Å². The molecule has 168 valence electrons. The molecule has 0 spiro atoms. The molecule has 4 atom stereocenters. The van der Waals surface area contributed by atoms with Crippen LogP contribution in [0, 0.1) is 5.82 Å². The van der Waals surface area contributed by atoms with E-state index >= 15 is 0 Å². The van der Waals surface area contributed by atoms with Crippen molar-refractivity contribution >= 4 is 17.5 Å². The van der Waals surface area contributed by atoms with Gasteiger partial charge in [0, 0.05) is 17.9 Å². The number of nitrogens with two attached hydrogens (primary N) is 1. The summed E-state index contributed by atoms with van der Waals surface area (Å²) in [7, 11) is 0. The number of ether oxygens (including phenoxy) is 2. The molecule has 3 aromatic rings. The normalized spacial score (nSPS) is 23.2. The Morgan fingerprint density at radius 2 is 2.09 bits per heavy atom. The van der Waals surface area contributed by atoms with Crippen LogP contribution >= 0.6 is 11.6 Å². The van der Waals surface area contributed by atoms with Crippen molar-refractivity contribution in [2.75, 3.05) is 13.4 Å². The minimum absolute atomic E-state index is 0.0192. The van der Waals surface area contributed by atoms with Gasteiger partial charge in [-0.3, -0.25) is 4.79 Å². The highest BCUT2D eigenvalue weighted by Crippen LogP contribution is 2.41. The molecule has 1 aromatic heterocycles. The van der Waals surface area contributed by atoms with Gasteiger partial charge in [0.1, 0.15) is 24.4 Å². The molecule has 4 unspecified atom stereocenters. The average molecular weight is 461 g/mol. The summed E-state index contributed by atoms with van der Waals surface area (Å²) in [6.45, 7) is -0.427. The fourth-order valence-corrected chi connectivity index (χ4v) is 4.19. The van der Waals surface area contributed by atoms with E-state index in [9.17, 15) is 9.18 Å². The third-order valence-corrected chi connectivity index (χ3v) is 5.86. The molecule has 1 aliphatic heterocycles. The second kappa shape index (κ2) is 9.74. The van der Waals surface area contributed by atoms with Gasteiger partial charge in [0.2, 0.25) is 5.91 Å². The largest absolute Gasteiger partial charge is 0.371 e. The molecule has 3 N–H and O–H groups in total. The highest BCUT2D eigenvalue weighted by Gasteiger charge is 2.43. The summed E-state index contributed by atoms with van der Waals surface area (Å²) < 4.78 is 26.7. The molecule has 0 saturated carbocycles. The van der Waals surface area contributed by atoms with E-state index in [0.717, 1.165) is 5.56 Å². The standard InChI is InChI=1S/C22H22ClFN4O4/c23-15-7-6-14(8-16(15)24)17-10-28(27-26-17)18-9-19(22(25)30)32-20(11-31-12-29)21(18)13-4-2-1-3-5-13/h1-8,10,18-21,29H,9,11-12H2,(H2,25,30). The van der Waals surface area contributed by atoms with Gasteiger partial charge in [-0.25, -0.2) is 9.07 Å². The number of benzene rings is 2. The Labute approximate surface area is 188 Å². The van der Waals surface area contributed by atoms with Crippen molar-refractivity contribution < 1.29 is 23.8 Å². The van der Waals surface area contributed by atoms with Crippen LogP contribution in [0.3, 0.4) is 0 Å². The van der Waals surface area contributed by atoms with E-state index in [1.165, 1.54) is 12.1 Å². The molecule has 0 radical (unpaired) electrons. The van der Waals surface area contributed by atoms with Gasteiger partial charge in [-0.05, 0) is 17.7 Å². The number of rotatable bonds is 7. The Hall–Kier alpha value is -2.85. The minimum atomic E-state index is -0.868. The van der Waals surface area contributed by atoms with Crippen molar-refractivity contribution in [2.24, 2.45) is 5.73 Å². The molecule has 1 fully saturated rings. The number of halogens is 2. The first kappa shape index (κ1) is 22.3. The first-order valence-electron chi connectivity index (χ1n) is 10.0. The fourth-order valence-electron chi connectivity index (χ4n) is 4.07. The summed E-state index contributed by atoms with van der Waals surface area (Å²) in [4.78, 5) is 12.0. The highest BCUT2D eigenvalue weighted by molar-refractivity contribution is 6.30. The van der Waals surface area contributed by atoms with E-state index in [1.807, 2.05) is 30.3 Å². The fraction of sp³-hybridized carbons (Fsp3) is 0.318. The summed E-state index contributed by atoms with van der Waals surface area (Å²) in [6, 6.07) is 13.7. The van der Waals surface area contributed by atoms with Crippen molar-refractivity contribution in [1.29, 1.82) is 0 Å². The first-order chi connectivity index (χ1) is 15.5. The molecule has 0 bridgehead atoms. The van der Waals surface area contributed by atoms with Crippen LogP contribution < -0.4 is 5.73 Å². The van der Waals surface area contributed by atoms with Gasteiger partial charge in [0.05, 0.1) is 30.0 Å². The first-order valence-corrected chi connectivity index (χ1v) is 10.4. The number of hydrogen-bond acceptors (Lipinski definition) is 6. The van der Waals surface area contributed by atoms with Gasteiger partial charge in [-0.2, -0.15) is 0 Å². The van der Waals surface area contributed by atoms with E-state index < -0.39 is 30.7 Å². The predicted octanol–water partition coefficient (Wildman–Crippen LogP) is 2.67. The second-order valence-corrected chi connectivity index (χ2v) is 7.92.